The van der Waals surface area contributed by atoms with E-state index in [9.17, 15) is 0 Å². The number of hydrogen-bond acceptors (Lipinski definition) is 3. The van der Waals surface area contributed by atoms with Gasteiger partial charge in [0.1, 0.15) is 0 Å². The number of nitrogens with zero attached hydrogens (tertiary/aromatic N) is 1. The smallest absolute Gasteiger partial charge is 0.0726 e. The highest BCUT2D eigenvalue weighted by atomic mass is 14.7. The van der Waals surface area contributed by atoms with E-state index in [4.69, 9.17) is 11.5 Å². The van der Waals surface area contributed by atoms with Gasteiger partial charge in [-0.15, -0.1) is 0 Å². The van der Waals surface area contributed by atoms with Gasteiger partial charge < -0.3 is 11.5 Å². The van der Waals surface area contributed by atoms with Gasteiger partial charge in [0.05, 0.1) is 11.4 Å². The van der Waals surface area contributed by atoms with Gasteiger partial charge in [0, 0.05) is 16.9 Å². The minimum Gasteiger partial charge on any atom is -0.402 e. The normalized spacial score (nSPS) is 12.5. The summed E-state index contributed by atoms with van der Waals surface area (Å²) >= 11 is 0. The van der Waals surface area contributed by atoms with Crippen molar-refractivity contribution in [1.82, 2.24) is 0 Å². The molecule has 3 nitrogen and oxygen atoms in total. The van der Waals surface area contributed by atoms with Gasteiger partial charge in [-0.25, -0.2) is 4.99 Å². The van der Waals surface area contributed by atoms with Crippen LogP contribution in [-0.4, -0.2) is 5.71 Å². The Morgan fingerprint density at radius 1 is 1.00 bits per heavy atom. The van der Waals surface area contributed by atoms with E-state index >= 15 is 0 Å². The predicted octanol–water partition coefficient (Wildman–Crippen LogP) is 3.56. The first-order chi connectivity index (χ1) is 9.54. The molecule has 0 saturated heterocycles. The third-order valence-electron chi connectivity index (χ3n) is 2.85. The van der Waals surface area contributed by atoms with Crippen LogP contribution in [0.1, 0.15) is 18.1 Å². The van der Waals surface area contributed by atoms with Gasteiger partial charge in [0.15, 0.2) is 0 Å². The highest BCUT2D eigenvalue weighted by molar-refractivity contribution is 6.10. The zero-order valence-electron chi connectivity index (χ0n) is 11.8. The van der Waals surface area contributed by atoms with Crippen LogP contribution >= 0.6 is 0 Å². The number of benzene rings is 2. The summed E-state index contributed by atoms with van der Waals surface area (Å²) in [5, 5.41) is 0. The van der Waals surface area contributed by atoms with Gasteiger partial charge in [0.25, 0.3) is 0 Å². The van der Waals surface area contributed by atoms with Crippen molar-refractivity contribution in [2.24, 2.45) is 10.7 Å². The summed E-state index contributed by atoms with van der Waals surface area (Å²) in [6.45, 7) is 3.91. The maximum atomic E-state index is 5.80. The Labute approximate surface area is 119 Å². The maximum Gasteiger partial charge on any atom is 0.0726 e. The molecule has 0 saturated carbocycles. The van der Waals surface area contributed by atoms with E-state index < -0.39 is 0 Å². The Kier molecular flexibility index (Phi) is 4.20. The van der Waals surface area contributed by atoms with Crippen molar-refractivity contribution < 1.29 is 0 Å². The Morgan fingerprint density at radius 2 is 1.60 bits per heavy atom. The number of anilines is 1. The molecule has 0 amide bonds. The molecule has 20 heavy (non-hydrogen) atoms. The molecule has 0 aromatic heterocycles. The first-order valence-electron chi connectivity index (χ1n) is 6.49. The standard InChI is InChI=1S/C17H19N3/c1-12-3-5-14(6-4-12)17(11-13(2)18)20-16-9-7-15(19)8-10-16/h3-11H,18-19H2,1-2H3. The van der Waals surface area contributed by atoms with Crippen LogP contribution in [0, 0.1) is 6.92 Å². The molecule has 0 aliphatic heterocycles. The summed E-state index contributed by atoms with van der Waals surface area (Å²) in [5.74, 6) is 0. The van der Waals surface area contributed by atoms with Crippen LogP contribution in [0.2, 0.25) is 0 Å². The summed E-state index contributed by atoms with van der Waals surface area (Å²) in [6.07, 6.45) is 1.88. The quantitative estimate of drug-likeness (QED) is 0.658. The van der Waals surface area contributed by atoms with Crippen molar-refractivity contribution in [3.05, 3.63) is 71.4 Å². The third-order valence-corrected chi connectivity index (χ3v) is 2.85. The fraction of sp³-hybridized carbons (Fsp3) is 0.118. The minimum atomic E-state index is 0.722. The molecule has 2 rings (SSSR count). The molecule has 102 valence electrons. The van der Waals surface area contributed by atoms with E-state index in [-0.39, 0.29) is 0 Å². The first-order valence-corrected chi connectivity index (χ1v) is 6.49. The van der Waals surface area contributed by atoms with Crippen molar-refractivity contribution in [3.8, 4) is 0 Å². The van der Waals surface area contributed by atoms with Crippen LogP contribution < -0.4 is 11.5 Å². The Bertz CT molecular complexity index is 631. The molecular weight excluding hydrogens is 246 g/mol. The fourth-order valence-electron chi connectivity index (χ4n) is 1.81. The summed E-state index contributed by atoms with van der Waals surface area (Å²) in [4.78, 5) is 4.64. The number of hydrogen-bond donors (Lipinski definition) is 2. The van der Waals surface area contributed by atoms with E-state index in [0.717, 1.165) is 28.3 Å². The van der Waals surface area contributed by atoms with Gasteiger partial charge in [-0.3, -0.25) is 0 Å². The van der Waals surface area contributed by atoms with Crippen LogP contribution in [0.25, 0.3) is 0 Å². The number of aryl methyl sites for hydroxylation is 1. The Hall–Kier alpha value is -2.55. The lowest BCUT2D eigenvalue weighted by molar-refractivity contribution is 1.32. The van der Waals surface area contributed by atoms with E-state index in [1.54, 1.807) is 0 Å². The molecule has 0 radical (unpaired) electrons. The van der Waals surface area contributed by atoms with Gasteiger partial charge in [0.2, 0.25) is 0 Å². The topological polar surface area (TPSA) is 64.4 Å². The summed E-state index contributed by atoms with van der Waals surface area (Å²) in [6, 6.07) is 15.7. The van der Waals surface area contributed by atoms with E-state index in [1.807, 2.05) is 49.4 Å². The van der Waals surface area contributed by atoms with Crippen LogP contribution in [0.15, 0.2) is 65.3 Å². The molecule has 0 heterocycles. The molecule has 0 atom stereocenters. The number of nitrogen functional groups attached to an aromatic ring is 1. The van der Waals surface area contributed by atoms with E-state index in [2.05, 4.69) is 24.0 Å². The van der Waals surface area contributed by atoms with E-state index in [1.165, 1.54) is 5.56 Å². The zero-order valence-corrected chi connectivity index (χ0v) is 11.8. The van der Waals surface area contributed by atoms with Gasteiger partial charge in [-0.05, 0) is 44.2 Å². The molecule has 0 unspecified atom stereocenters. The van der Waals surface area contributed by atoms with Crippen LogP contribution in [0.5, 0.6) is 0 Å². The Morgan fingerprint density at radius 3 is 2.15 bits per heavy atom. The van der Waals surface area contributed by atoms with Crippen molar-refractivity contribution in [3.63, 3.8) is 0 Å². The second-order valence-corrected chi connectivity index (χ2v) is 4.84. The van der Waals surface area contributed by atoms with Crippen molar-refractivity contribution in [1.29, 1.82) is 0 Å². The largest absolute Gasteiger partial charge is 0.402 e. The second kappa shape index (κ2) is 6.06. The number of rotatable bonds is 3. The molecule has 4 N–H and O–H groups in total. The molecule has 2 aromatic carbocycles. The summed E-state index contributed by atoms with van der Waals surface area (Å²) in [5.41, 5.74) is 16.9. The Balaban J connectivity index is 2.44. The van der Waals surface area contributed by atoms with Gasteiger partial charge in [-0.1, -0.05) is 29.8 Å². The lowest BCUT2D eigenvalue weighted by Gasteiger charge is -2.05. The van der Waals surface area contributed by atoms with E-state index in [0.29, 0.717) is 0 Å². The number of nitrogens with two attached hydrogens (primary N) is 2. The predicted molar refractivity (Wildman–Crippen MR) is 86.2 cm³/mol. The number of aliphatic imine (C=N–C) groups is 1. The molecule has 0 aliphatic rings. The highest BCUT2D eigenvalue weighted by Gasteiger charge is 2.01. The SMILES string of the molecule is CC(N)=CC(=Nc1ccc(N)cc1)c1ccc(C)cc1. The molecular formula is C17H19N3. The molecule has 2 aromatic rings. The van der Waals surface area contributed by atoms with Crippen molar-refractivity contribution in [2.45, 2.75) is 13.8 Å². The fourth-order valence-corrected chi connectivity index (χ4v) is 1.81. The molecule has 0 bridgehead atoms. The monoisotopic (exact) mass is 265 g/mol. The van der Waals surface area contributed by atoms with Crippen molar-refractivity contribution >= 4 is 17.1 Å². The average molecular weight is 265 g/mol. The molecule has 3 heteroatoms. The third kappa shape index (κ3) is 3.72. The van der Waals surface area contributed by atoms with Crippen LogP contribution in [0.3, 0.4) is 0 Å². The maximum absolute atomic E-state index is 5.80. The average Bonchev–Trinajstić information content (AvgIpc) is 2.41. The van der Waals surface area contributed by atoms with Crippen LogP contribution in [-0.2, 0) is 0 Å². The molecule has 0 spiro atoms. The van der Waals surface area contributed by atoms with Crippen LogP contribution in [0.4, 0.5) is 11.4 Å². The lowest BCUT2D eigenvalue weighted by atomic mass is 10.1. The molecule has 0 aliphatic carbocycles. The minimum absolute atomic E-state index is 0.722. The molecule has 0 fully saturated rings. The first kappa shape index (κ1) is 13.9. The highest BCUT2D eigenvalue weighted by Crippen LogP contribution is 2.17. The summed E-state index contributed by atoms with van der Waals surface area (Å²) < 4.78 is 0. The van der Waals surface area contributed by atoms with Gasteiger partial charge in [-0.2, -0.15) is 0 Å². The summed E-state index contributed by atoms with van der Waals surface area (Å²) in [7, 11) is 0. The zero-order chi connectivity index (χ0) is 14.5. The lowest BCUT2D eigenvalue weighted by Crippen LogP contribution is -2.01. The number of allylic oxidation sites excluding steroid dienone is 2. The van der Waals surface area contributed by atoms with Gasteiger partial charge >= 0.3 is 0 Å². The van der Waals surface area contributed by atoms with Crippen molar-refractivity contribution in [2.75, 3.05) is 5.73 Å². The second-order valence-electron chi connectivity index (χ2n) is 4.84.